The Morgan fingerprint density at radius 1 is 0.724 bits per heavy atom. The summed E-state index contributed by atoms with van der Waals surface area (Å²) in [6.07, 6.45) is 1.66. The van der Waals surface area contributed by atoms with Gasteiger partial charge in [0.1, 0.15) is 5.70 Å². The van der Waals surface area contributed by atoms with Gasteiger partial charge in [-0.25, -0.2) is 0 Å². The second kappa shape index (κ2) is 6.97. The van der Waals surface area contributed by atoms with Crippen molar-refractivity contribution in [1.29, 1.82) is 0 Å². The number of methoxy groups -OCH3 is 4. The van der Waals surface area contributed by atoms with Crippen LogP contribution in [0.15, 0.2) is 24.3 Å². The van der Waals surface area contributed by atoms with Crippen molar-refractivity contribution < 1.29 is 28.6 Å². The largest absolute Gasteiger partial charge is 0.493 e. The van der Waals surface area contributed by atoms with E-state index in [1.807, 2.05) is 31.3 Å². The van der Waals surface area contributed by atoms with Gasteiger partial charge in [0.25, 0.3) is 0 Å². The highest BCUT2D eigenvalue weighted by Crippen LogP contribution is 2.25. The van der Waals surface area contributed by atoms with Crippen molar-refractivity contribution >= 4 is 28.8 Å². The quantitative estimate of drug-likeness (QED) is 0.699. The molecule has 1 unspecified atom stereocenters. The van der Waals surface area contributed by atoms with Crippen molar-refractivity contribution in [2.24, 2.45) is 0 Å². The Morgan fingerprint density at radius 2 is 1.21 bits per heavy atom. The summed E-state index contributed by atoms with van der Waals surface area (Å²) in [7, 11) is 8.45. The van der Waals surface area contributed by atoms with Crippen LogP contribution in [-0.2, 0) is 4.79 Å². The van der Waals surface area contributed by atoms with E-state index < -0.39 is 0 Å². The highest BCUT2D eigenvalue weighted by molar-refractivity contribution is 6.40. The fourth-order valence-corrected chi connectivity index (χ4v) is 4.14. The summed E-state index contributed by atoms with van der Waals surface area (Å²) < 4.78 is 21.9. The lowest BCUT2D eigenvalue weighted by Crippen LogP contribution is -3.06. The van der Waals surface area contributed by atoms with E-state index in [1.165, 1.54) is 0 Å². The van der Waals surface area contributed by atoms with Gasteiger partial charge in [0, 0.05) is 22.6 Å². The summed E-state index contributed by atoms with van der Waals surface area (Å²) in [4.78, 5) is 14.3. The molecular weight excluding hydrogens is 370 g/mol. The summed E-state index contributed by atoms with van der Waals surface area (Å²) >= 11 is 0. The average Bonchev–Trinajstić information content (AvgIpc) is 2.74. The number of ether oxygens (including phenoxy) is 4. The van der Waals surface area contributed by atoms with Gasteiger partial charge in [-0.3, -0.25) is 9.69 Å². The van der Waals surface area contributed by atoms with Crippen LogP contribution in [0.5, 0.6) is 23.0 Å². The number of hydrogen-bond acceptors (Lipinski definition) is 5. The van der Waals surface area contributed by atoms with Crippen LogP contribution in [0, 0.1) is 0 Å². The molecule has 0 saturated carbocycles. The lowest BCUT2D eigenvalue weighted by Gasteiger charge is -2.25. The van der Waals surface area contributed by atoms with E-state index in [2.05, 4.69) is 6.92 Å². The molecule has 1 aliphatic carbocycles. The number of carbonyl (C=O) groups excluding carboxylic acids is 1. The third-order valence-corrected chi connectivity index (χ3v) is 5.74. The van der Waals surface area contributed by atoms with Gasteiger partial charge < -0.3 is 18.9 Å². The maximum absolute atomic E-state index is 13.2. The molecule has 0 radical (unpaired) electrons. The Balaban J connectivity index is 2.22. The van der Waals surface area contributed by atoms with E-state index in [4.69, 9.17) is 18.9 Å². The summed E-state index contributed by atoms with van der Waals surface area (Å²) in [6.45, 7) is 2.06. The van der Waals surface area contributed by atoms with Gasteiger partial charge >= 0.3 is 0 Å². The van der Waals surface area contributed by atoms with Crippen LogP contribution in [-0.4, -0.2) is 41.3 Å². The van der Waals surface area contributed by atoms with Crippen molar-refractivity contribution in [1.82, 2.24) is 0 Å². The van der Waals surface area contributed by atoms with Crippen LogP contribution in [0.4, 0.5) is 0 Å². The molecule has 2 aliphatic rings. The number of nitrogens with one attached hydrogen (secondary N) is 1. The Kier molecular flexibility index (Phi) is 4.59. The molecule has 0 fully saturated rings. The topological polar surface area (TPSA) is 58.4 Å². The smallest absolute Gasteiger partial charge is 0.193 e. The van der Waals surface area contributed by atoms with Crippen molar-refractivity contribution in [2.75, 3.05) is 35.5 Å². The van der Waals surface area contributed by atoms with Crippen LogP contribution in [0.3, 0.4) is 0 Å². The zero-order valence-corrected chi connectivity index (χ0v) is 17.4. The highest BCUT2D eigenvalue weighted by Gasteiger charge is 2.32. The SMILES string of the molecule is COc1cc2c(cc1OC)=C1C(=c3cc(OC)c(OC)cc3=C(C)[NH+]1C)C(=O)C=2. The number of Topliss-reactive ketones (excluding diaryl/α,β-unsaturated/α-hetero) is 1. The molecule has 1 N–H and O–H groups in total. The molecule has 0 amide bonds. The Labute approximate surface area is 168 Å². The highest BCUT2D eigenvalue weighted by atomic mass is 16.5. The van der Waals surface area contributed by atoms with Gasteiger partial charge in [0.15, 0.2) is 34.5 Å². The molecule has 4 rings (SSSR count). The van der Waals surface area contributed by atoms with Gasteiger partial charge in [-0.05, 0) is 35.6 Å². The molecule has 6 nitrogen and oxygen atoms in total. The van der Waals surface area contributed by atoms with Crippen molar-refractivity contribution in [3.63, 3.8) is 0 Å². The van der Waals surface area contributed by atoms with Crippen molar-refractivity contribution in [2.45, 2.75) is 6.92 Å². The molecule has 1 aliphatic heterocycles. The van der Waals surface area contributed by atoms with Gasteiger partial charge in [-0.15, -0.1) is 0 Å². The molecule has 2 aromatic rings. The minimum Gasteiger partial charge on any atom is -0.493 e. The molecule has 150 valence electrons. The molecule has 0 aromatic heterocycles. The van der Waals surface area contributed by atoms with E-state index in [1.54, 1.807) is 34.5 Å². The Hall–Kier alpha value is -3.25. The lowest BCUT2D eigenvalue weighted by atomic mass is 9.91. The molecule has 29 heavy (non-hydrogen) atoms. The van der Waals surface area contributed by atoms with E-state index in [0.29, 0.717) is 28.6 Å². The first-order chi connectivity index (χ1) is 13.9. The molecular formula is C23H24NO5+. The van der Waals surface area contributed by atoms with Crippen molar-refractivity contribution in [3.05, 3.63) is 45.1 Å². The third-order valence-electron chi connectivity index (χ3n) is 5.74. The van der Waals surface area contributed by atoms with Crippen LogP contribution < -0.4 is 44.7 Å². The first-order valence-corrected chi connectivity index (χ1v) is 9.29. The molecule has 0 bridgehead atoms. The number of ketones is 1. The second-order valence-electron chi connectivity index (χ2n) is 7.06. The standard InChI is InChI=1S/C23H23NO5/c1-12-14-9-19(27-4)21(29-6)11-16(14)22-17(25)7-13-8-18(26-3)20(28-5)10-15(13)23(22)24(12)2/h7-11H,1-6H3/p+1. The summed E-state index contributed by atoms with van der Waals surface area (Å²) in [5.41, 5.74) is 2.68. The molecule has 0 saturated heterocycles. The number of benzene rings is 2. The van der Waals surface area contributed by atoms with Gasteiger partial charge in [-0.1, -0.05) is 0 Å². The van der Waals surface area contributed by atoms with E-state index >= 15 is 0 Å². The summed E-state index contributed by atoms with van der Waals surface area (Å²) in [5.74, 6) is 2.42. The molecule has 0 spiro atoms. The lowest BCUT2D eigenvalue weighted by molar-refractivity contribution is -0.721. The minimum atomic E-state index is -0.0416. The van der Waals surface area contributed by atoms with E-state index in [9.17, 15) is 4.79 Å². The first kappa shape index (κ1) is 19.1. The zero-order chi connectivity index (χ0) is 20.9. The number of quaternary nitrogens is 1. The summed E-state index contributed by atoms with van der Waals surface area (Å²) in [5, 5.41) is 3.60. The third kappa shape index (κ3) is 2.71. The van der Waals surface area contributed by atoms with Crippen LogP contribution in [0.25, 0.3) is 23.0 Å². The Bertz CT molecular complexity index is 1290. The number of rotatable bonds is 4. The molecule has 6 heteroatoms. The van der Waals surface area contributed by atoms with Crippen molar-refractivity contribution in [3.8, 4) is 23.0 Å². The number of fused-ring (bicyclic) bond motifs is 3. The van der Waals surface area contributed by atoms with Crippen LogP contribution >= 0.6 is 0 Å². The fraction of sp³-hybridized carbons (Fsp3) is 0.261. The predicted molar refractivity (Wildman–Crippen MR) is 110 cm³/mol. The monoisotopic (exact) mass is 394 g/mol. The van der Waals surface area contributed by atoms with Crippen LogP contribution in [0.1, 0.15) is 6.92 Å². The van der Waals surface area contributed by atoms with E-state index in [-0.39, 0.29) is 5.78 Å². The Morgan fingerprint density at radius 3 is 1.76 bits per heavy atom. The fourth-order valence-electron chi connectivity index (χ4n) is 4.14. The molecule has 2 aromatic carbocycles. The maximum atomic E-state index is 13.2. The van der Waals surface area contributed by atoms with Crippen LogP contribution in [0.2, 0.25) is 0 Å². The van der Waals surface area contributed by atoms with Gasteiger partial charge in [0.05, 0.1) is 41.1 Å². The molecule has 1 atom stereocenters. The number of hydrogen-bond donors (Lipinski definition) is 1. The zero-order valence-electron chi connectivity index (χ0n) is 17.4. The number of carbonyl (C=O) groups is 1. The minimum absolute atomic E-state index is 0.0416. The molecule has 1 heterocycles. The maximum Gasteiger partial charge on any atom is 0.193 e. The summed E-state index contributed by atoms with van der Waals surface area (Å²) in [6, 6.07) is 7.61. The second-order valence-corrected chi connectivity index (χ2v) is 7.06. The predicted octanol–water partition coefficient (Wildman–Crippen LogP) is -1.30. The van der Waals surface area contributed by atoms with Gasteiger partial charge in [0.2, 0.25) is 0 Å². The van der Waals surface area contributed by atoms with E-state index in [0.717, 1.165) is 37.2 Å². The first-order valence-electron chi connectivity index (χ1n) is 9.29. The van der Waals surface area contributed by atoms with Gasteiger partial charge in [-0.2, -0.15) is 0 Å². The average molecular weight is 394 g/mol. The normalized spacial score (nSPS) is 17.1.